The lowest BCUT2D eigenvalue weighted by Gasteiger charge is -1.99. The van der Waals surface area contributed by atoms with Gasteiger partial charge in [-0.1, -0.05) is 83.8 Å². The fourth-order valence-electron chi connectivity index (χ4n) is 1.95. The number of hydrogen-bond acceptors (Lipinski definition) is 1. The van der Waals surface area contributed by atoms with Crippen LogP contribution in [0, 0.1) is 0 Å². The summed E-state index contributed by atoms with van der Waals surface area (Å²) >= 11 is 0. The molecule has 0 atom stereocenters. The normalized spacial score (nSPS) is 11.3. The number of allylic oxidation sites excluding steroid dienone is 2. The molecule has 0 saturated carbocycles. The van der Waals surface area contributed by atoms with E-state index in [1.54, 1.807) is 0 Å². The van der Waals surface area contributed by atoms with Gasteiger partial charge in [-0.15, -0.1) is 0 Å². The van der Waals surface area contributed by atoms with E-state index in [4.69, 9.17) is 9.90 Å². The van der Waals surface area contributed by atoms with Crippen molar-refractivity contribution in [3.8, 4) is 0 Å². The highest BCUT2D eigenvalue weighted by Crippen LogP contribution is 2.13. The van der Waals surface area contributed by atoms with Crippen molar-refractivity contribution in [3.63, 3.8) is 0 Å². The fraction of sp³-hybridized carbons (Fsp3) is 0.833. The Morgan fingerprint density at radius 2 is 1.13 bits per heavy atom. The quantitative estimate of drug-likeness (QED) is 0.310. The lowest BCUT2D eigenvalue weighted by atomic mass is 10.1. The molecular weight excluding hydrogens is 305 g/mol. The third kappa shape index (κ3) is 23.4. The second-order valence-electron chi connectivity index (χ2n) is 5.68. The van der Waals surface area contributed by atoms with E-state index >= 15 is 0 Å². The third-order valence-corrected chi connectivity index (χ3v) is 3.36. The maximum atomic E-state index is 10.6. The maximum absolute atomic E-state index is 10.6. The van der Waals surface area contributed by atoms with Crippen LogP contribution in [-0.2, 0) is 4.79 Å². The van der Waals surface area contributed by atoms with E-state index in [-0.39, 0.29) is 0 Å². The molecule has 0 aliphatic carbocycles. The van der Waals surface area contributed by atoms with Gasteiger partial charge in [0, 0.05) is 0 Å². The van der Waals surface area contributed by atoms with E-state index in [1.807, 2.05) is 0 Å². The summed E-state index contributed by atoms with van der Waals surface area (Å²) < 4.78 is 31.7. The highest BCUT2D eigenvalue weighted by molar-refractivity contribution is 5.73. The average Bonchev–Trinajstić information content (AvgIpc) is 2.48. The second kappa shape index (κ2) is 17.4. The van der Waals surface area contributed by atoms with E-state index in [1.165, 1.54) is 77.0 Å². The lowest BCUT2D eigenvalue weighted by Crippen LogP contribution is -2.21. The Hall–Kier alpha value is -1.00. The Balaban J connectivity index is 0. The van der Waals surface area contributed by atoms with Crippen LogP contribution in [0.3, 0.4) is 0 Å². The molecule has 0 aliphatic heterocycles. The maximum Gasteiger partial charge on any atom is 0.490 e. The van der Waals surface area contributed by atoms with E-state index in [0.29, 0.717) is 0 Å². The summed E-state index contributed by atoms with van der Waals surface area (Å²) in [5.41, 5.74) is 0. The molecule has 0 aromatic rings. The zero-order valence-corrected chi connectivity index (χ0v) is 14.6. The summed E-state index contributed by atoms with van der Waals surface area (Å²) in [7, 11) is 0. The average molecular weight is 338 g/mol. The van der Waals surface area contributed by atoms with Crippen LogP contribution >= 0.6 is 0 Å². The predicted octanol–water partition coefficient (Wildman–Crippen LogP) is 6.90. The number of unbranched alkanes of at least 4 members (excludes halogenated alkanes) is 10. The molecule has 138 valence electrons. The summed E-state index contributed by atoms with van der Waals surface area (Å²) in [4.78, 5) is 8.90. The summed E-state index contributed by atoms with van der Waals surface area (Å²) in [6.45, 7) is 4.54. The zero-order valence-electron chi connectivity index (χ0n) is 14.6. The largest absolute Gasteiger partial charge is 0.490 e. The van der Waals surface area contributed by atoms with E-state index in [2.05, 4.69) is 26.0 Å². The van der Waals surface area contributed by atoms with Gasteiger partial charge >= 0.3 is 12.1 Å². The topological polar surface area (TPSA) is 37.3 Å². The van der Waals surface area contributed by atoms with Gasteiger partial charge in [0.05, 0.1) is 0 Å². The van der Waals surface area contributed by atoms with Crippen LogP contribution in [0.1, 0.15) is 90.9 Å². The monoisotopic (exact) mass is 338 g/mol. The first-order chi connectivity index (χ1) is 10.9. The number of carbonyl (C=O) groups is 1. The van der Waals surface area contributed by atoms with Crippen LogP contribution in [0.2, 0.25) is 0 Å². The highest BCUT2D eigenvalue weighted by Gasteiger charge is 2.38. The Kier molecular flexibility index (Phi) is 18.3. The van der Waals surface area contributed by atoms with Crippen molar-refractivity contribution >= 4 is 5.97 Å². The van der Waals surface area contributed by atoms with Gasteiger partial charge in [-0.05, 0) is 19.3 Å². The molecule has 0 aliphatic rings. The van der Waals surface area contributed by atoms with Gasteiger partial charge in [0.1, 0.15) is 0 Å². The van der Waals surface area contributed by atoms with E-state index < -0.39 is 12.1 Å². The molecule has 0 bridgehead atoms. The Labute approximate surface area is 139 Å². The first-order valence-electron chi connectivity index (χ1n) is 8.81. The summed E-state index contributed by atoms with van der Waals surface area (Å²) in [5.74, 6) is -2.76. The summed E-state index contributed by atoms with van der Waals surface area (Å²) in [5, 5.41) is 7.12. The van der Waals surface area contributed by atoms with Crippen LogP contribution in [0.5, 0.6) is 0 Å². The molecule has 0 spiro atoms. The molecule has 0 fully saturated rings. The van der Waals surface area contributed by atoms with Crippen molar-refractivity contribution in [2.45, 2.75) is 97.1 Å². The minimum Gasteiger partial charge on any atom is -0.475 e. The minimum atomic E-state index is -5.08. The number of aliphatic carboxylic acids is 1. The first kappa shape index (κ1) is 24.3. The molecule has 23 heavy (non-hydrogen) atoms. The molecule has 0 saturated heterocycles. The smallest absolute Gasteiger partial charge is 0.475 e. The Morgan fingerprint density at radius 3 is 1.52 bits per heavy atom. The molecule has 1 N–H and O–H groups in total. The Bertz CT molecular complexity index is 286. The van der Waals surface area contributed by atoms with Gasteiger partial charge in [0.15, 0.2) is 0 Å². The zero-order chi connectivity index (χ0) is 18.0. The molecule has 0 rings (SSSR count). The predicted molar refractivity (Wildman–Crippen MR) is 89.6 cm³/mol. The van der Waals surface area contributed by atoms with Gasteiger partial charge < -0.3 is 5.11 Å². The molecule has 5 heteroatoms. The van der Waals surface area contributed by atoms with Gasteiger partial charge in [-0.3, -0.25) is 0 Å². The van der Waals surface area contributed by atoms with Gasteiger partial charge in [0.2, 0.25) is 0 Å². The molecule has 0 heterocycles. The van der Waals surface area contributed by atoms with Crippen molar-refractivity contribution in [1.82, 2.24) is 0 Å². The number of carboxylic acid groups (broad SMARTS) is 1. The molecule has 0 radical (unpaired) electrons. The summed E-state index contributed by atoms with van der Waals surface area (Å²) in [6.07, 6.45) is 16.4. The molecular formula is C18H33F3O2. The summed E-state index contributed by atoms with van der Waals surface area (Å²) in [6, 6.07) is 0. The van der Waals surface area contributed by atoms with Crippen molar-refractivity contribution in [2.75, 3.05) is 0 Å². The number of rotatable bonds is 12. The van der Waals surface area contributed by atoms with Crippen molar-refractivity contribution in [2.24, 2.45) is 0 Å². The number of hydrogen-bond donors (Lipinski definition) is 1. The lowest BCUT2D eigenvalue weighted by molar-refractivity contribution is -0.192. The number of halogens is 3. The van der Waals surface area contributed by atoms with Gasteiger partial charge in [0.25, 0.3) is 0 Å². The van der Waals surface area contributed by atoms with Crippen LogP contribution < -0.4 is 0 Å². The third-order valence-electron chi connectivity index (χ3n) is 3.36. The molecule has 0 unspecified atom stereocenters. The van der Waals surface area contributed by atoms with Crippen molar-refractivity contribution < 1.29 is 23.1 Å². The van der Waals surface area contributed by atoms with Gasteiger partial charge in [-0.25, -0.2) is 4.79 Å². The number of carboxylic acids is 1. The van der Waals surface area contributed by atoms with Gasteiger partial charge in [-0.2, -0.15) is 13.2 Å². The second-order valence-corrected chi connectivity index (χ2v) is 5.68. The first-order valence-corrected chi connectivity index (χ1v) is 8.81. The highest BCUT2D eigenvalue weighted by atomic mass is 19.4. The fourth-order valence-corrected chi connectivity index (χ4v) is 1.95. The standard InChI is InChI=1S/C16H32.C2HF3O2/c1-3-5-7-9-11-13-15-16-14-12-10-8-6-4-2;3-2(4,5)1(6)7/h9,11H,3-8,10,12-16H2,1-2H3;(H,6,7). The van der Waals surface area contributed by atoms with Crippen LogP contribution in [-0.4, -0.2) is 17.3 Å². The molecule has 0 amide bonds. The molecule has 2 nitrogen and oxygen atoms in total. The molecule has 0 aromatic carbocycles. The molecule has 0 aromatic heterocycles. The van der Waals surface area contributed by atoms with E-state index in [9.17, 15) is 13.2 Å². The SMILES string of the molecule is CCCCC=CCCCCCCCCCC.O=C(O)C(F)(F)F. The van der Waals surface area contributed by atoms with Crippen molar-refractivity contribution in [3.05, 3.63) is 12.2 Å². The minimum absolute atomic E-state index is 1.29. The van der Waals surface area contributed by atoms with Crippen LogP contribution in [0.4, 0.5) is 13.2 Å². The van der Waals surface area contributed by atoms with Crippen LogP contribution in [0.25, 0.3) is 0 Å². The van der Waals surface area contributed by atoms with Crippen molar-refractivity contribution in [1.29, 1.82) is 0 Å². The van der Waals surface area contributed by atoms with E-state index in [0.717, 1.165) is 0 Å². The number of alkyl halides is 3. The van der Waals surface area contributed by atoms with Crippen LogP contribution in [0.15, 0.2) is 12.2 Å². The Morgan fingerprint density at radius 1 is 0.783 bits per heavy atom.